The molecule has 0 bridgehead atoms. The van der Waals surface area contributed by atoms with E-state index in [0.717, 1.165) is 30.7 Å². The Morgan fingerprint density at radius 3 is 2.88 bits per heavy atom. The molecule has 2 atom stereocenters. The molecule has 2 unspecified atom stereocenters. The molecule has 17 heavy (non-hydrogen) atoms. The third-order valence-corrected chi connectivity index (χ3v) is 3.87. The van der Waals surface area contributed by atoms with E-state index in [1.165, 1.54) is 0 Å². The summed E-state index contributed by atoms with van der Waals surface area (Å²) in [5, 5.41) is 10.8. The first-order valence-electron chi connectivity index (χ1n) is 6.12. The Bertz CT molecular complexity index is 394. The Hall–Kier alpha value is -1.06. The molecule has 0 saturated carbocycles. The summed E-state index contributed by atoms with van der Waals surface area (Å²) in [7, 11) is 3.76. The number of likely N-dealkylation sites (tertiary alicyclic amines) is 1. The van der Waals surface area contributed by atoms with Crippen LogP contribution in [0, 0.1) is 0 Å². The van der Waals surface area contributed by atoms with E-state index >= 15 is 0 Å². The normalized spacial score (nSPS) is 30.2. The molecule has 0 amide bonds. The zero-order chi connectivity index (χ0) is 12.5. The lowest BCUT2D eigenvalue weighted by molar-refractivity contribution is -0.0409. The van der Waals surface area contributed by atoms with Crippen molar-refractivity contribution in [3.05, 3.63) is 29.8 Å². The molecule has 0 radical (unpaired) electrons. The molecule has 1 aliphatic heterocycles. The minimum atomic E-state index is -0.708. The molecule has 1 N–H and O–H groups in total. The fraction of sp³-hybridized carbons (Fsp3) is 0.571. The first-order chi connectivity index (χ1) is 8.05. The van der Waals surface area contributed by atoms with Gasteiger partial charge in [0, 0.05) is 12.6 Å². The van der Waals surface area contributed by atoms with Gasteiger partial charge in [-0.05, 0) is 44.5 Å². The fourth-order valence-corrected chi connectivity index (χ4v) is 2.50. The maximum absolute atomic E-state index is 10.8. The van der Waals surface area contributed by atoms with Crippen LogP contribution in [0.5, 0.6) is 5.75 Å². The molecule has 1 heterocycles. The predicted octanol–water partition coefficient (Wildman–Crippen LogP) is 2.00. The molecule has 0 aliphatic carbocycles. The van der Waals surface area contributed by atoms with E-state index in [1.807, 2.05) is 24.3 Å². The Labute approximate surface area is 103 Å². The summed E-state index contributed by atoms with van der Waals surface area (Å²) in [5.41, 5.74) is 0.261. The number of hydrogen-bond donors (Lipinski definition) is 1. The van der Waals surface area contributed by atoms with Gasteiger partial charge in [-0.2, -0.15) is 0 Å². The molecule has 1 aliphatic rings. The van der Waals surface area contributed by atoms with Crippen LogP contribution in [-0.2, 0) is 5.60 Å². The van der Waals surface area contributed by atoms with Gasteiger partial charge in [-0.3, -0.25) is 0 Å². The number of hydrogen-bond acceptors (Lipinski definition) is 3. The third-order valence-electron chi connectivity index (χ3n) is 3.87. The van der Waals surface area contributed by atoms with Crippen LogP contribution in [0.2, 0.25) is 0 Å². The second-order valence-electron chi connectivity index (χ2n) is 5.05. The average molecular weight is 235 g/mol. The highest BCUT2D eigenvalue weighted by atomic mass is 16.5. The minimum absolute atomic E-state index is 0.403. The summed E-state index contributed by atoms with van der Waals surface area (Å²) in [4.78, 5) is 2.29. The number of aliphatic hydroxyl groups is 1. The molecule has 3 heteroatoms. The fourth-order valence-electron chi connectivity index (χ4n) is 2.50. The number of benzene rings is 1. The number of piperidine rings is 1. The lowest BCUT2D eigenvalue weighted by Crippen LogP contribution is -2.45. The summed E-state index contributed by atoms with van der Waals surface area (Å²) < 4.78 is 5.22. The molecule has 1 aromatic carbocycles. The van der Waals surface area contributed by atoms with E-state index < -0.39 is 5.60 Å². The highest BCUT2D eigenvalue weighted by Crippen LogP contribution is 2.36. The first kappa shape index (κ1) is 12.4. The summed E-state index contributed by atoms with van der Waals surface area (Å²) in [5.74, 6) is 0.808. The second kappa shape index (κ2) is 4.67. The number of rotatable bonds is 2. The number of ether oxygens (including phenoxy) is 1. The van der Waals surface area contributed by atoms with Crippen LogP contribution < -0.4 is 4.74 Å². The molecule has 0 spiro atoms. The van der Waals surface area contributed by atoms with Gasteiger partial charge in [0.2, 0.25) is 0 Å². The lowest BCUT2D eigenvalue weighted by atomic mass is 9.81. The van der Waals surface area contributed by atoms with Gasteiger partial charge in [-0.15, -0.1) is 0 Å². The van der Waals surface area contributed by atoms with Crippen molar-refractivity contribution in [1.82, 2.24) is 4.90 Å². The highest BCUT2D eigenvalue weighted by molar-refractivity contribution is 5.32. The van der Waals surface area contributed by atoms with Gasteiger partial charge < -0.3 is 14.7 Å². The van der Waals surface area contributed by atoms with Gasteiger partial charge in [0.15, 0.2) is 0 Å². The molecule has 94 valence electrons. The van der Waals surface area contributed by atoms with Crippen molar-refractivity contribution in [2.45, 2.75) is 31.4 Å². The van der Waals surface area contributed by atoms with Crippen molar-refractivity contribution in [2.24, 2.45) is 0 Å². The predicted molar refractivity (Wildman–Crippen MR) is 68.2 cm³/mol. The van der Waals surface area contributed by atoms with Crippen molar-refractivity contribution >= 4 is 0 Å². The lowest BCUT2D eigenvalue weighted by Gasteiger charge is -2.41. The maximum atomic E-state index is 10.8. The molecule has 1 fully saturated rings. The van der Waals surface area contributed by atoms with Crippen molar-refractivity contribution in [1.29, 1.82) is 0 Å². The zero-order valence-electron chi connectivity index (χ0n) is 10.8. The molecule has 3 nitrogen and oxygen atoms in total. The second-order valence-corrected chi connectivity index (χ2v) is 5.05. The van der Waals surface area contributed by atoms with Crippen LogP contribution in [0.1, 0.15) is 25.3 Å². The summed E-state index contributed by atoms with van der Waals surface area (Å²) >= 11 is 0. The monoisotopic (exact) mass is 235 g/mol. The van der Waals surface area contributed by atoms with E-state index in [0.29, 0.717) is 6.04 Å². The first-order valence-corrected chi connectivity index (χ1v) is 6.12. The third kappa shape index (κ3) is 2.45. The van der Waals surface area contributed by atoms with Crippen molar-refractivity contribution in [3.63, 3.8) is 0 Å². The van der Waals surface area contributed by atoms with E-state index in [1.54, 1.807) is 7.11 Å². The highest BCUT2D eigenvalue weighted by Gasteiger charge is 2.36. The SMILES string of the molecule is COc1cccc(C2(O)CCN(C)C(C)C2)c1. The van der Waals surface area contributed by atoms with Gasteiger partial charge in [-0.1, -0.05) is 12.1 Å². The minimum Gasteiger partial charge on any atom is -0.497 e. The largest absolute Gasteiger partial charge is 0.497 e. The molecular formula is C14H21NO2. The molecule has 0 aromatic heterocycles. The Morgan fingerprint density at radius 1 is 1.47 bits per heavy atom. The van der Waals surface area contributed by atoms with Crippen LogP contribution in [0.15, 0.2) is 24.3 Å². The zero-order valence-corrected chi connectivity index (χ0v) is 10.8. The smallest absolute Gasteiger partial charge is 0.119 e. The van der Waals surface area contributed by atoms with E-state index in [9.17, 15) is 5.11 Å². The van der Waals surface area contributed by atoms with Gasteiger partial charge in [0.1, 0.15) is 5.75 Å². The quantitative estimate of drug-likeness (QED) is 0.851. The molecular weight excluding hydrogens is 214 g/mol. The van der Waals surface area contributed by atoms with Crippen LogP contribution in [0.25, 0.3) is 0 Å². The van der Waals surface area contributed by atoms with Gasteiger partial charge >= 0.3 is 0 Å². The number of nitrogens with zero attached hydrogens (tertiary/aromatic N) is 1. The Kier molecular flexibility index (Phi) is 3.40. The van der Waals surface area contributed by atoms with Crippen LogP contribution in [0.3, 0.4) is 0 Å². The molecule has 2 rings (SSSR count). The topological polar surface area (TPSA) is 32.7 Å². The average Bonchev–Trinajstić information content (AvgIpc) is 2.34. The number of methoxy groups -OCH3 is 1. The van der Waals surface area contributed by atoms with Crippen molar-refractivity contribution < 1.29 is 9.84 Å². The van der Waals surface area contributed by atoms with E-state index in [2.05, 4.69) is 18.9 Å². The van der Waals surface area contributed by atoms with Gasteiger partial charge in [-0.25, -0.2) is 0 Å². The van der Waals surface area contributed by atoms with Crippen LogP contribution >= 0.6 is 0 Å². The Balaban J connectivity index is 2.25. The molecule has 1 aromatic rings. The van der Waals surface area contributed by atoms with Crippen LogP contribution in [0.4, 0.5) is 0 Å². The van der Waals surface area contributed by atoms with Crippen molar-refractivity contribution in [3.8, 4) is 5.75 Å². The van der Waals surface area contributed by atoms with E-state index in [4.69, 9.17) is 4.74 Å². The standard InChI is InChI=1S/C14H21NO2/c1-11-10-14(16,7-8-15(11)2)12-5-4-6-13(9-12)17-3/h4-6,9,11,16H,7-8,10H2,1-3H3. The van der Waals surface area contributed by atoms with Gasteiger partial charge in [0.05, 0.1) is 12.7 Å². The molecule has 1 saturated heterocycles. The summed E-state index contributed by atoms with van der Waals surface area (Å²) in [6, 6.07) is 8.18. The van der Waals surface area contributed by atoms with E-state index in [-0.39, 0.29) is 0 Å². The summed E-state index contributed by atoms with van der Waals surface area (Å²) in [6.07, 6.45) is 1.55. The maximum Gasteiger partial charge on any atom is 0.119 e. The Morgan fingerprint density at radius 2 is 2.24 bits per heavy atom. The van der Waals surface area contributed by atoms with Crippen molar-refractivity contribution in [2.75, 3.05) is 20.7 Å². The van der Waals surface area contributed by atoms with Gasteiger partial charge in [0.25, 0.3) is 0 Å². The summed E-state index contributed by atoms with van der Waals surface area (Å²) in [6.45, 7) is 3.08. The van der Waals surface area contributed by atoms with Crippen LogP contribution in [-0.4, -0.2) is 36.8 Å².